The predicted octanol–water partition coefficient (Wildman–Crippen LogP) is 2.85. The lowest BCUT2D eigenvalue weighted by atomic mass is 9.77. The third-order valence-corrected chi connectivity index (χ3v) is 4.52. The number of carbonyl (C=O) groups is 1. The number of hydrogen-bond acceptors (Lipinski definition) is 3. The molecule has 4 heteroatoms. The molecule has 0 spiro atoms. The first kappa shape index (κ1) is 15.1. The van der Waals surface area contributed by atoms with Crippen molar-refractivity contribution in [3.63, 3.8) is 0 Å². The van der Waals surface area contributed by atoms with Crippen LogP contribution < -0.4 is 10.6 Å². The summed E-state index contributed by atoms with van der Waals surface area (Å²) >= 11 is 0. The van der Waals surface area contributed by atoms with E-state index in [1.807, 2.05) is 26.8 Å². The zero-order valence-electron chi connectivity index (χ0n) is 13.0. The number of nitrogens with one attached hydrogen (secondary N) is 2. The molecule has 2 rings (SSSR count). The summed E-state index contributed by atoms with van der Waals surface area (Å²) in [5.41, 5.74) is 0.824. The third kappa shape index (κ3) is 2.90. The summed E-state index contributed by atoms with van der Waals surface area (Å²) in [7, 11) is 0. The standard InChI is InChI=1S/C16H26N2O2/c1-5-16(7-6-8-17-10-16)15(19)18-12(3)14-9-11(2)20-13(14)4/h9,12,17H,5-8,10H2,1-4H3,(H,18,19). The van der Waals surface area contributed by atoms with Crippen molar-refractivity contribution in [2.75, 3.05) is 13.1 Å². The van der Waals surface area contributed by atoms with Gasteiger partial charge in [0.25, 0.3) is 0 Å². The summed E-state index contributed by atoms with van der Waals surface area (Å²) in [5, 5.41) is 6.53. The molecule has 2 heterocycles. The van der Waals surface area contributed by atoms with Gasteiger partial charge in [0, 0.05) is 12.1 Å². The number of carbonyl (C=O) groups excluding carboxylic acids is 1. The van der Waals surface area contributed by atoms with Crippen LogP contribution in [0.15, 0.2) is 10.5 Å². The zero-order valence-corrected chi connectivity index (χ0v) is 13.0. The molecule has 112 valence electrons. The van der Waals surface area contributed by atoms with E-state index < -0.39 is 0 Å². The fraction of sp³-hybridized carbons (Fsp3) is 0.688. The smallest absolute Gasteiger partial charge is 0.227 e. The van der Waals surface area contributed by atoms with Gasteiger partial charge in [0.1, 0.15) is 11.5 Å². The van der Waals surface area contributed by atoms with E-state index in [2.05, 4.69) is 17.6 Å². The highest BCUT2D eigenvalue weighted by atomic mass is 16.3. The molecule has 0 aliphatic carbocycles. The van der Waals surface area contributed by atoms with Crippen LogP contribution in [0.5, 0.6) is 0 Å². The molecule has 1 aliphatic rings. The number of piperidine rings is 1. The Labute approximate surface area is 121 Å². The minimum Gasteiger partial charge on any atom is -0.466 e. The Balaban J connectivity index is 2.08. The highest BCUT2D eigenvalue weighted by molar-refractivity contribution is 5.83. The van der Waals surface area contributed by atoms with Crippen molar-refractivity contribution in [3.05, 3.63) is 23.2 Å². The van der Waals surface area contributed by atoms with Crippen LogP contribution in [0.2, 0.25) is 0 Å². The number of furan rings is 1. The topological polar surface area (TPSA) is 54.3 Å². The molecule has 1 aliphatic heterocycles. The largest absolute Gasteiger partial charge is 0.466 e. The van der Waals surface area contributed by atoms with Gasteiger partial charge in [-0.05, 0) is 52.6 Å². The van der Waals surface area contributed by atoms with Gasteiger partial charge in [0.05, 0.1) is 11.5 Å². The van der Waals surface area contributed by atoms with Gasteiger partial charge in [0.15, 0.2) is 0 Å². The summed E-state index contributed by atoms with van der Waals surface area (Å²) in [5.74, 6) is 1.95. The van der Waals surface area contributed by atoms with E-state index in [-0.39, 0.29) is 17.4 Å². The summed E-state index contributed by atoms with van der Waals surface area (Å²) in [6, 6.07) is 2.00. The lowest BCUT2D eigenvalue weighted by molar-refractivity contribution is -0.133. The molecule has 4 nitrogen and oxygen atoms in total. The van der Waals surface area contributed by atoms with Crippen LogP contribution in [-0.2, 0) is 4.79 Å². The van der Waals surface area contributed by atoms with Crippen molar-refractivity contribution in [2.24, 2.45) is 5.41 Å². The van der Waals surface area contributed by atoms with E-state index in [1.54, 1.807) is 0 Å². The Hall–Kier alpha value is -1.29. The maximum absolute atomic E-state index is 12.7. The summed E-state index contributed by atoms with van der Waals surface area (Å²) in [6.45, 7) is 9.81. The molecule has 20 heavy (non-hydrogen) atoms. The van der Waals surface area contributed by atoms with E-state index in [9.17, 15) is 4.79 Å². The Morgan fingerprint density at radius 3 is 2.80 bits per heavy atom. The highest BCUT2D eigenvalue weighted by Crippen LogP contribution is 2.31. The molecule has 0 radical (unpaired) electrons. The average Bonchev–Trinajstić information content (AvgIpc) is 2.78. The van der Waals surface area contributed by atoms with Crippen LogP contribution in [0.4, 0.5) is 0 Å². The van der Waals surface area contributed by atoms with Gasteiger partial charge in [-0.2, -0.15) is 0 Å². The molecular weight excluding hydrogens is 252 g/mol. The summed E-state index contributed by atoms with van der Waals surface area (Å²) < 4.78 is 5.55. The molecule has 1 aromatic heterocycles. The molecule has 0 saturated carbocycles. The average molecular weight is 278 g/mol. The fourth-order valence-corrected chi connectivity index (χ4v) is 3.13. The number of aryl methyl sites for hydroxylation is 2. The second kappa shape index (κ2) is 6.00. The van der Waals surface area contributed by atoms with Gasteiger partial charge in [-0.25, -0.2) is 0 Å². The second-order valence-electron chi connectivity index (χ2n) is 5.98. The molecule has 1 aromatic rings. The quantitative estimate of drug-likeness (QED) is 0.890. The summed E-state index contributed by atoms with van der Waals surface area (Å²) in [4.78, 5) is 12.7. The molecule has 1 saturated heterocycles. The first-order valence-electron chi connectivity index (χ1n) is 7.57. The first-order chi connectivity index (χ1) is 9.48. The molecule has 0 bridgehead atoms. The van der Waals surface area contributed by atoms with Crippen LogP contribution in [0.25, 0.3) is 0 Å². The van der Waals surface area contributed by atoms with Gasteiger partial charge in [0.2, 0.25) is 5.91 Å². The molecule has 2 unspecified atom stereocenters. The van der Waals surface area contributed by atoms with Crippen LogP contribution in [-0.4, -0.2) is 19.0 Å². The maximum atomic E-state index is 12.7. The lowest BCUT2D eigenvalue weighted by Crippen LogP contribution is -2.50. The van der Waals surface area contributed by atoms with Crippen molar-refractivity contribution in [2.45, 2.75) is 53.0 Å². The van der Waals surface area contributed by atoms with Gasteiger partial charge in [-0.15, -0.1) is 0 Å². The van der Waals surface area contributed by atoms with E-state index >= 15 is 0 Å². The van der Waals surface area contributed by atoms with Crippen molar-refractivity contribution < 1.29 is 9.21 Å². The monoisotopic (exact) mass is 278 g/mol. The van der Waals surface area contributed by atoms with Crippen molar-refractivity contribution in [1.29, 1.82) is 0 Å². The van der Waals surface area contributed by atoms with Crippen LogP contribution in [0.1, 0.15) is 56.2 Å². The van der Waals surface area contributed by atoms with Gasteiger partial charge >= 0.3 is 0 Å². The Morgan fingerprint density at radius 1 is 1.55 bits per heavy atom. The van der Waals surface area contributed by atoms with Crippen molar-refractivity contribution in [1.82, 2.24) is 10.6 Å². The summed E-state index contributed by atoms with van der Waals surface area (Å²) in [6.07, 6.45) is 2.92. The third-order valence-electron chi connectivity index (χ3n) is 4.52. The van der Waals surface area contributed by atoms with Crippen LogP contribution >= 0.6 is 0 Å². The molecule has 0 aromatic carbocycles. The predicted molar refractivity (Wildman–Crippen MR) is 79.6 cm³/mol. The molecule has 1 fully saturated rings. The Kier molecular flexibility index (Phi) is 4.53. The minimum absolute atomic E-state index is 0.00898. The first-order valence-corrected chi connectivity index (χ1v) is 7.57. The number of hydrogen-bond donors (Lipinski definition) is 2. The Morgan fingerprint density at radius 2 is 2.30 bits per heavy atom. The van der Waals surface area contributed by atoms with E-state index in [4.69, 9.17) is 4.42 Å². The SMILES string of the molecule is CCC1(C(=O)NC(C)c2cc(C)oc2C)CCCNC1. The zero-order chi connectivity index (χ0) is 14.8. The van der Waals surface area contributed by atoms with Gasteiger partial charge in [-0.1, -0.05) is 6.92 Å². The highest BCUT2D eigenvalue weighted by Gasteiger charge is 2.38. The maximum Gasteiger partial charge on any atom is 0.227 e. The van der Waals surface area contributed by atoms with Crippen molar-refractivity contribution in [3.8, 4) is 0 Å². The molecule has 1 amide bonds. The molecule has 2 atom stereocenters. The van der Waals surface area contributed by atoms with Crippen LogP contribution in [0.3, 0.4) is 0 Å². The van der Waals surface area contributed by atoms with E-state index in [0.29, 0.717) is 0 Å². The second-order valence-corrected chi connectivity index (χ2v) is 5.98. The Bertz CT molecular complexity index is 473. The molecule has 2 N–H and O–H groups in total. The lowest BCUT2D eigenvalue weighted by Gasteiger charge is -2.36. The minimum atomic E-state index is -0.251. The number of amides is 1. The number of rotatable bonds is 4. The van der Waals surface area contributed by atoms with E-state index in [1.165, 1.54) is 0 Å². The van der Waals surface area contributed by atoms with E-state index in [0.717, 1.165) is 49.4 Å². The van der Waals surface area contributed by atoms with Crippen LogP contribution in [0, 0.1) is 19.3 Å². The van der Waals surface area contributed by atoms with Crippen molar-refractivity contribution >= 4 is 5.91 Å². The normalized spacial score (nSPS) is 24.4. The van der Waals surface area contributed by atoms with Gasteiger partial charge in [-0.3, -0.25) is 4.79 Å². The van der Waals surface area contributed by atoms with Gasteiger partial charge < -0.3 is 15.1 Å². The molecular formula is C16H26N2O2. The fourth-order valence-electron chi connectivity index (χ4n) is 3.13.